The maximum absolute atomic E-state index is 5.96. The molecule has 0 aliphatic carbocycles. The summed E-state index contributed by atoms with van der Waals surface area (Å²) in [6, 6.07) is 5.68. The first-order chi connectivity index (χ1) is 8.49. The van der Waals surface area contributed by atoms with Gasteiger partial charge in [-0.05, 0) is 59.1 Å². The molecule has 0 aliphatic rings. The summed E-state index contributed by atoms with van der Waals surface area (Å²) in [7, 11) is 0. The molecule has 0 bridgehead atoms. The summed E-state index contributed by atoms with van der Waals surface area (Å²) < 4.78 is 7.57. The monoisotopic (exact) mass is 370 g/mol. The molecule has 0 fully saturated rings. The van der Waals surface area contributed by atoms with Gasteiger partial charge >= 0.3 is 0 Å². The van der Waals surface area contributed by atoms with E-state index in [-0.39, 0.29) is 0 Å². The van der Waals surface area contributed by atoms with Crippen molar-refractivity contribution in [3.63, 3.8) is 0 Å². The normalized spacial score (nSPS) is 10.4. The fraction of sp³-hybridized carbons (Fsp3) is 0.154. The quantitative estimate of drug-likeness (QED) is 0.785. The smallest absolute Gasteiger partial charge is 0.233 e. The molecule has 94 valence electrons. The molecule has 2 N–H and O–H groups in total. The molecule has 0 radical (unpaired) electrons. The van der Waals surface area contributed by atoms with E-state index in [9.17, 15) is 0 Å². The van der Waals surface area contributed by atoms with Crippen LogP contribution >= 0.6 is 31.9 Å². The first-order valence-corrected chi connectivity index (χ1v) is 6.92. The second-order valence-electron chi connectivity index (χ2n) is 3.99. The average Bonchev–Trinajstić information content (AvgIpc) is 2.28. The zero-order valence-corrected chi connectivity index (χ0v) is 13.2. The van der Waals surface area contributed by atoms with Crippen LogP contribution < -0.4 is 10.5 Å². The van der Waals surface area contributed by atoms with Crippen LogP contribution in [0.15, 0.2) is 33.3 Å². The van der Waals surface area contributed by atoms with Gasteiger partial charge in [-0.15, -0.1) is 0 Å². The maximum atomic E-state index is 5.96. The van der Waals surface area contributed by atoms with Crippen molar-refractivity contribution in [2.24, 2.45) is 0 Å². The predicted octanol–water partition coefficient (Wildman–Crippen LogP) is 4.60. The van der Waals surface area contributed by atoms with Crippen LogP contribution in [0.25, 0.3) is 0 Å². The topological polar surface area (TPSA) is 48.1 Å². The molecule has 0 saturated carbocycles. The highest BCUT2D eigenvalue weighted by Gasteiger charge is 2.11. The number of hydrogen-bond donors (Lipinski definition) is 1. The molecule has 3 nitrogen and oxygen atoms in total. The molecule has 0 unspecified atom stereocenters. The van der Waals surface area contributed by atoms with Gasteiger partial charge in [0.2, 0.25) is 5.88 Å². The van der Waals surface area contributed by atoms with Crippen molar-refractivity contribution < 1.29 is 4.74 Å². The Morgan fingerprint density at radius 1 is 1.17 bits per heavy atom. The molecule has 1 aromatic carbocycles. The van der Waals surface area contributed by atoms with Crippen LogP contribution in [-0.2, 0) is 0 Å². The zero-order valence-electron chi connectivity index (χ0n) is 10.00. The van der Waals surface area contributed by atoms with E-state index in [0.29, 0.717) is 17.3 Å². The van der Waals surface area contributed by atoms with E-state index in [1.54, 1.807) is 6.20 Å². The number of ether oxygens (including phenoxy) is 1. The lowest BCUT2D eigenvalue weighted by atomic mass is 10.2. The number of nitrogens with two attached hydrogens (primary N) is 1. The van der Waals surface area contributed by atoms with E-state index in [2.05, 4.69) is 36.8 Å². The Balaban J connectivity index is 2.43. The van der Waals surface area contributed by atoms with Crippen LogP contribution in [0.5, 0.6) is 11.6 Å². The molecular formula is C13H12Br2N2O. The van der Waals surface area contributed by atoms with Crippen LogP contribution in [0.2, 0.25) is 0 Å². The van der Waals surface area contributed by atoms with E-state index < -0.39 is 0 Å². The minimum absolute atomic E-state index is 0.520. The number of anilines is 1. The van der Waals surface area contributed by atoms with Gasteiger partial charge in [0.25, 0.3) is 0 Å². The lowest BCUT2D eigenvalue weighted by molar-refractivity contribution is 0.458. The molecule has 1 heterocycles. The highest BCUT2D eigenvalue weighted by molar-refractivity contribution is 9.10. The van der Waals surface area contributed by atoms with Crippen LogP contribution in [0.1, 0.15) is 11.1 Å². The van der Waals surface area contributed by atoms with Crippen molar-refractivity contribution in [2.75, 3.05) is 5.73 Å². The van der Waals surface area contributed by atoms with Gasteiger partial charge in [0, 0.05) is 10.7 Å². The molecule has 0 atom stereocenters. The summed E-state index contributed by atoms with van der Waals surface area (Å²) in [5, 5.41) is 0. The van der Waals surface area contributed by atoms with Gasteiger partial charge in [-0.3, -0.25) is 0 Å². The predicted molar refractivity (Wildman–Crippen MR) is 80.0 cm³/mol. The van der Waals surface area contributed by atoms with Crippen LogP contribution in [0, 0.1) is 13.8 Å². The second-order valence-corrected chi connectivity index (χ2v) is 5.70. The molecule has 0 aliphatic heterocycles. The van der Waals surface area contributed by atoms with Crippen molar-refractivity contribution in [1.29, 1.82) is 0 Å². The third-order valence-electron chi connectivity index (χ3n) is 2.52. The number of nitrogen functional groups attached to an aromatic ring is 1. The Morgan fingerprint density at radius 3 is 2.56 bits per heavy atom. The zero-order chi connectivity index (χ0) is 13.3. The van der Waals surface area contributed by atoms with E-state index >= 15 is 0 Å². The number of hydrogen-bond acceptors (Lipinski definition) is 3. The summed E-state index contributed by atoms with van der Waals surface area (Å²) >= 11 is 6.86. The number of rotatable bonds is 2. The van der Waals surface area contributed by atoms with Crippen molar-refractivity contribution in [3.8, 4) is 11.6 Å². The first-order valence-electron chi connectivity index (χ1n) is 5.33. The van der Waals surface area contributed by atoms with E-state index in [1.807, 2.05) is 32.0 Å². The maximum Gasteiger partial charge on any atom is 0.233 e. The number of pyridine rings is 1. The summed E-state index contributed by atoms with van der Waals surface area (Å²) in [6.07, 6.45) is 1.71. The molecule has 0 saturated heterocycles. The molecule has 0 amide bonds. The molecule has 5 heteroatoms. The lowest BCUT2D eigenvalue weighted by Crippen LogP contribution is -1.97. The van der Waals surface area contributed by atoms with E-state index in [4.69, 9.17) is 10.5 Å². The third-order valence-corrected chi connectivity index (χ3v) is 3.94. The van der Waals surface area contributed by atoms with Crippen LogP contribution in [-0.4, -0.2) is 4.98 Å². The summed E-state index contributed by atoms with van der Waals surface area (Å²) in [5.74, 6) is 1.16. The fourth-order valence-electron chi connectivity index (χ4n) is 1.58. The minimum Gasteiger partial charge on any atom is -0.435 e. The van der Waals surface area contributed by atoms with Gasteiger partial charge in [0.1, 0.15) is 0 Å². The van der Waals surface area contributed by atoms with Crippen LogP contribution in [0.4, 0.5) is 5.69 Å². The fourth-order valence-corrected chi connectivity index (χ4v) is 2.48. The number of aromatic nitrogens is 1. The third kappa shape index (κ3) is 2.67. The second kappa shape index (κ2) is 5.28. The van der Waals surface area contributed by atoms with Gasteiger partial charge in [-0.25, -0.2) is 4.98 Å². The largest absolute Gasteiger partial charge is 0.435 e. The van der Waals surface area contributed by atoms with E-state index in [0.717, 1.165) is 20.1 Å². The number of nitrogens with zero attached hydrogens (tertiary/aromatic N) is 1. The van der Waals surface area contributed by atoms with Gasteiger partial charge in [-0.1, -0.05) is 15.9 Å². The minimum atomic E-state index is 0.520. The Kier molecular flexibility index (Phi) is 3.92. The van der Waals surface area contributed by atoms with Gasteiger partial charge in [-0.2, -0.15) is 0 Å². The first kappa shape index (κ1) is 13.4. The van der Waals surface area contributed by atoms with Crippen molar-refractivity contribution in [3.05, 3.63) is 44.5 Å². The number of halogens is 2. The molecule has 2 aromatic rings. The summed E-state index contributed by atoms with van der Waals surface area (Å²) in [5.41, 5.74) is 8.56. The van der Waals surface area contributed by atoms with Crippen LogP contribution in [0.3, 0.4) is 0 Å². The van der Waals surface area contributed by atoms with Gasteiger partial charge in [0.05, 0.1) is 10.2 Å². The average molecular weight is 372 g/mol. The Morgan fingerprint density at radius 2 is 1.89 bits per heavy atom. The summed E-state index contributed by atoms with van der Waals surface area (Å²) in [6.45, 7) is 3.93. The van der Waals surface area contributed by atoms with Crippen molar-refractivity contribution in [2.45, 2.75) is 13.8 Å². The SMILES string of the molecule is Cc1ccnc(Oc2c(C)cc(Br)cc2N)c1Br. The lowest BCUT2D eigenvalue weighted by Gasteiger charge is -2.13. The standard InChI is InChI=1S/C13H12Br2N2O/c1-7-3-4-17-13(11(7)15)18-12-8(2)5-9(14)6-10(12)16/h3-6H,16H2,1-2H3. The summed E-state index contributed by atoms with van der Waals surface area (Å²) in [4.78, 5) is 4.20. The number of benzene rings is 1. The Labute approximate surface area is 123 Å². The Hall–Kier alpha value is -1.07. The van der Waals surface area contributed by atoms with E-state index in [1.165, 1.54) is 0 Å². The molecular weight excluding hydrogens is 360 g/mol. The Bertz CT molecular complexity index is 577. The van der Waals surface area contributed by atoms with Crippen molar-refractivity contribution in [1.82, 2.24) is 4.98 Å². The van der Waals surface area contributed by atoms with Gasteiger partial charge in [0.15, 0.2) is 5.75 Å². The van der Waals surface area contributed by atoms with Gasteiger partial charge < -0.3 is 10.5 Å². The van der Waals surface area contributed by atoms with Crippen molar-refractivity contribution >= 4 is 37.5 Å². The number of aryl methyl sites for hydroxylation is 2. The highest BCUT2D eigenvalue weighted by atomic mass is 79.9. The molecule has 18 heavy (non-hydrogen) atoms. The molecule has 1 aromatic heterocycles. The molecule has 2 rings (SSSR count). The molecule has 0 spiro atoms. The highest BCUT2D eigenvalue weighted by Crippen LogP contribution is 2.36.